The molecule has 0 aliphatic rings. The number of halogens is 1. The summed E-state index contributed by atoms with van der Waals surface area (Å²) in [5.41, 5.74) is 3.84. The van der Waals surface area contributed by atoms with Gasteiger partial charge >= 0.3 is 0 Å². The first-order chi connectivity index (χ1) is 13.6. The zero-order valence-electron chi connectivity index (χ0n) is 15.9. The third-order valence-corrected chi connectivity index (χ3v) is 5.13. The van der Waals surface area contributed by atoms with Gasteiger partial charge in [0.05, 0.1) is 17.0 Å². The molecule has 144 valence electrons. The summed E-state index contributed by atoms with van der Waals surface area (Å²) < 4.78 is 0. The molecule has 0 aliphatic heterocycles. The zero-order valence-corrected chi connectivity index (χ0v) is 17.5. The number of carbonyl (C=O) groups is 1. The van der Waals surface area contributed by atoms with Crippen LogP contribution in [0.25, 0.3) is 11.3 Å². The van der Waals surface area contributed by atoms with Crippen molar-refractivity contribution in [3.63, 3.8) is 0 Å². The molecule has 1 aromatic heterocycles. The molecule has 0 fully saturated rings. The van der Waals surface area contributed by atoms with E-state index in [0.717, 1.165) is 18.4 Å². The fourth-order valence-corrected chi connectivity index (χ4v) is 3.58. The van der Waals surface area contributed by atoms with E-state index in [1.54, 1.807) is 6.07 Å². The molecule has 0 bridgehead atoms. The second-order valence-corrected chi connectivity index (χ2v) is 7.58. The molecule has 0 aliphatic carbocycles. The summed E-state index contributed by atoms with van der Waals surface area (Å²) in [6.45, 7) is 2.43. The summed E-state index contributed by atoms with van der Waals surface area (Å²) >= 11 is 7.60. The molecule has 28 heavy (non-hydrogen) atoms. The Morgan fingerprint density at radius 2 is 1.89 bits per heavy atom. The lowest BCUT2D eigenvalue weighted by molar-refractivity contribution is 0.0952. The van der Waals surface area contributed by atoms with Crippen LogP contribution in [-0.4, -0.2) is 28.7 Å². The van der Waals surface area contributed by atoms with Gasteiger partial charge in [0.1, 0.15) is 0 Å². The molecule has 0 atom stereocenters. The summed E-state index contributed by atoms with van der Waals surface area (Å²) in [5.74, 6) is -0.159. The number of nitrogens with zero attached hydrogens (tertiary/aromatic N) is 2. The third-order valence-electron chi connectivity index (χ3n) is 4.35. The predicted molar refractivity (Wildman–Crippen MR) is 116 cm³/mol. The number of thioether (sulfide) groups is 1. The molecule has 1 heterocycles. The summed E-state index contributed by atoms with van der Waals surface area (Å²) in [7, 11) is 0. The molecule has 0 radical (unpaired) electrons. The maximum Gasteiger partial charge on any atom is 0.255 e. The second-order valence-electron chi connectivity index (χ2n) is 6.37. The zero-order chi connectivity index (χ0) is 19.9. The smallest absolute Gasteiger partial charge is 0.255 e. The van der Waals surface area contributed by atoms with Crippen molar-refractivity contribution in [1.82, 2.24) is 15.3 Å². The summed E-state index contributed by atoms with van der Waals surface area (Å²) in [6, 6.07) is 17.6. The highest BCUT2D eigenvalue weighted by Gasteiger charge is 2.20. The van der Waals surface area contributed by atoms with Crippen molar-refractivity contribution < 1.29 is 4.79 Å². The number of aromatic nitrogens is 2. The Balaban J connectivity index is 1.78. The van der Waals surface area contributed by atoms with Crippen molar-refractivity contribution in [2.45, 2.75) is 24.9 Å². The molecule has 1 amide bonds. The molecule has 4 nitrogen and oxygen atoms in total. The number of rotatable bonds is 7. The molecule has 6 heteroatoms. The number of hydrogen-bond acceptors (Lipinski definition) is 4. The van der Waals surface area contributed by atoms with Crippen LogP contribution in [0.3, 0.4) is 0 Å². The molecule has 0 spiro atoms. The van der Waals surface area contributed by atoms with E-state index in [-0.39, 0.29) is 5.91 Å². The van der Waals surface area contributed by atoms with Gasteiger partial charge < -0.3 is 5.32 Å². The molecule has 0 saturated carbocycles. The minimum absolute atomic E-state index is 0.159. The van der Waals surface area contributed by atoms with E-state index < -0.39 is 0 Å². The lowest BCUT2D eigenvalue weighted by atomic mass is 10.0. The first-order valence-electron chi connectivity index (χ1n) is 9.09. The first kappa shape index (κ1) is 20.4. The topological polar surface area (TPSA) is 54.9 Å². The van der Waals surface area contributed by atoms with Crippen LogP contribution in [0.2, 0.25) is 5.02 Å². The normalized spacial score (nSPS) is 10.7. The number of amides is 1. The summed E-state index contributed by atoms with van der Waals surface area (Å²) in [6.07, 6.45) is 3.70. The van der Waals surface area contributed by atoms with Gasteiger partial charge in [-0.05, 0) is 43.7 Å². The molecule has 2 aromatic carbocycles. The first-order valence-corrected chi connectivity index (χ1v) is 10.7. The van der Waals surface area contributed by atoms with E-state index >= 15 is 0 Å². The van der Waals surface area contributed by atoms with Crippen LogP contribution in [0.4, 0.5) is 0 Å². The number of carbonyl (C=O) groups excluding carboxylic acids is 1. The van der Waals surface area contributed by atoms with Crippen LogP contribution in [0.5, 0.6) is 0 Å². The van der Waals surface area contributed by atoms with Crippen LogP contribution in [-0.2, 0) is 6.42 Å². The summed E-state index contributed by atoms with van der Waals surface area (Å²) in [4.78, 5) is 22.0. The van der Waals surface area contributed by atoms with Crippen molar-refractivity contribution in [2.24, 2.45) is 0 Å². The Morgan fingerprint density at radius 3 is 2.61 bits per heavy atom. The Hall–Kier alpha value is -2.37. The quantitative estimate of drug-likeness (QED) is 0.330. The maximum absolute atomic E-state index is 12.9. The van der Waals surface area contributed by atoms with Gasteiger partial charge in [0.25, 0.3) is 5.91 Å². The van der Waals surface area contributed by atoms with Gasteiger partial charge in [0.2, 0.25) is 0 Å². The Bertz CT molecular complexity index is 963. The van der Waals surface area contributed by atoms with Gasteiger partial charge in [-0.1, -0.05) is 65.8 Å². The van der Waals surface area contributed by atoms with E-state index in [9.17, 15) is 4.79 Å². The number of aryl methyl sites for hydroxylation is 2. The Kier molecular flexibility index (Phi) is 7.06. The minimum Gasteiger partial charge on any atom is -0.352 e. The van der Waals surface area contributed by atoms with E-state index in [0.29, 0.717) is 33.7 Å². The van der Waals surface area contributed by atoms with E-state index in [1.807, 2.05) is 49.6 Å². The molecular weight excluding hydrogens is 390 g/mol. The molecule has 0 saturated heterocycles. The lowest BCUT2D eigenvalue weighted by Gasteiger charge is -2.13. The van der Waals surface area contributed by atoms with Crippen molar-refractivity contribution >= 4 is 29.3 Å². The van der Waals surface area contributed by atoms with Crippen LogP contribution >= 0.6 is 23.4 Å². The van der Waals surface area contributed by atoms with Crippen molar-refractivity contribution in [2.75, 3.05) is 12.8 Å². The highest BCUT2D eigenvalue weighted by atomic mass is 35.5. The fraction of sp³-hybridized carbons (Fsp3) is 0.227. The molecule has 3 aromatic rings. The van der Waals surface area contributed by atoms with Crippen molar-refractivity contribution in [3.05, 3.63) is 76.4 Å². The van der Waals surface area contributed by atoms with Crippen LogP contribution < -0.4 is 5.32 Å². The fourth-order valence-electron chi connectivity index (χ4n) is 2.98. The SMILES string of the molecule is CSc1nc(C)c(C(=O)NCCCc2ccccc2)c(-c2cccc(Cl)c2)n1. The maximum atomic E-state index is 12.9. The standard InChI is InChI=1S/C22H22ClN3OS/c1-15-19(21(27)24-13-7-10-16-8-4-3-5-9-16)20(26-22(25-15)28-2)17-11-6-12-18(23)14-17/h3-6,8-9,11-12,14H,7,10,13H2,1-2H3,(H,24,27). The largest absolute Gasteiger partial charge is 0.352 e. The predicted octanol–water partition coefficient (Wildman–Crippen LogP) is 5.19. The van der Waals surface area contributed by atoms with Crippen molar-refractivity contribution in [3.8, 4) is 11.3 Å². The van der Waals surface area contributed by atoms with Gasteiger partial charge in [0, 0.05) is 17.1 Å². The second kappa shape index (κ2) is 9.71. The Morgan fingerprint density at radius 1 is 1.11 bits per heavy atom. The summed E-state index contributed by atoms with van der Waals surface area (Å²) in [5, 5.41) is 4.25. The van der Waals surface area contributed by atoms with Crippen LogP contribution in [0.15, 0.2) is 59.8 Å². The highest BCUT2D eigenvalue weighted by molar-refractivity contribution is 7.98. The number of hydrogen-bond donors (Lipinski definition) is 1. The van der Waals surface area contributed by atoms with E-state index in [4.69, 9.17) is 11.6 Å². The highest BCUT2D eigenvalue weighted by Crippen LogP contribution is 2.27. The van der Waals surface area contributed by atoms with E-state index in [1.165, 1.54) is 17.3 Å². The van der Waals surface area contributed by atoms with Gasteiger partial charge in [-0.25, -0.2) is 9.97 Å². The average molecular weight is 412 g/mol. The van der Waals surface area contributed by atoms with Gasteiger partial charge in [0.15, 0.2) is 5.16 Å². The Labute approximate surface area is 174 Å². The average Bonchev–Trinajstić information content (AvgIpc) is 2.71. The number of benzene rings is 2. The van der Waals surface area contributed by atoms with Gasteiger partial charge in [-0.3, -0.25) is 4.79 Å². The molecule has 3 rings (SSSR count). The molecule has 1 N–H and O–H groups in total. The van der Waals surface area contributed by atoms with Crippen LogP contribution in [0, 0.1) is 6.92 Å². The molecular formula is C22H22ClN3OS. The van der Waals surface area contributed by atoms with Gasteiger partial charge in [-0.15, -0.1) is 0 Å². The number of nitrogens with one attached hydrogen (secondary N) is 1. The van der Waals surface area contributed by atoms with E-state index in [2.05, 4.69) is 27.4 Å². The van der Waals surface area contributed by atoms with Crippen molar-refractivity contribution in [1.29, 1.82) is 0 Å². The lowest BCUT2D eigenvalue weighted by Crippen LogP contribution is -2.27. The monoisotopic (exact) mass is 411 g/mol. The third kappa shape index (κ3) is 5.12. The van der Waals surface area contributed by atoms with Gasteiger partial charge in [-0.2, -0.15) is 0 Å². The van der Waals surface area contributed by atoms with Crippen LogP contribution in [0.1, 0.15) is 28.0 Å². The molecule has 0 unspecified atom stereocenters. The minimum atomic E-state index is -0.159.